The van der Waals surface area contributed by atoms with Crippen LogP contribution >= 0.6 is 27.7 Å². The van der Waals surface area contributed by atoms with Crippen LogP contribution in [0.15, 0.2) is 22.7 Å². The summed E-state index contributed by atoms with van der Waals surface area (Å²) in [6, 6.07) is 5.24. The highest BCUT2D eigenvalue weighted by molar-refractivity contribution is 9.10. The van der Waals surface area contributed by atoms with Crippen molar-refractivity contribution >= 4 is 27.7 Å². The summed E-state index contributed by atoms with van der Waals surface area (Å²) in [5.41, 5.74) is 0.719. The standard InChI is InChI=1S/C12H17BrFNS/c1-8(16-3)7-15-9(2)11-5-4-10(13)6-12(11)14/h4-6,8-9,15H,7H2,1-3H3. The molecule has 2 unspecified atom stereocenters. The normalized spacial score (nSPS) is 14.8. The van der Waals surface area contributed by atoms with Gasteiger partial charge in [0.05, 0.1) is 0 Å². The van der Waals surface area contributed by atoms with Crippen molar-refractivity contribution in [2.45, 2.75) is 25.1 Å². The summed E-state index contributed by atoms with van der Waals surface area (Å²) >= 11 is 5.06. The molecule has 2 atom stereocenters. The Morgan fingerprint density at radius 3 is 2.69 bits per heavy atom. The van der Waals surface area contributed by atoms with E-state index in [1.54, 1.807) is 11.8 Å². The Balaban J connectivity index is 2.62. The van der Waals surface area contributed by atoms with E-state index in [1.165, 1.54) is 6.07 Å². The average molecular weight is 306 g/mol. The minimum absolute atomic E-state index is 0.0442. The van der Waals surface area contributed by atoms with Gasteiger partial charge in [0, 0.05) is 27.9 Å². The molecule has 0 heterocycles. The largest absolute Gasteiger partial charge is 0.309 e. The van der Waals surface area contributed by atoms with Crippen LogP contribution in [0.5, 0.6) is 0 Å². The van der Waals surface area contributed by atoms with Crippen LogP contribution in [-0.2, 0) is 0 Å². The average Bonchev–Trinajstić information content (AvgIpc) is 2.25. The Morgan fingerprint density at radius 2 is 2.12 bits per heavy atom. The van der Waals surface area contributed by atoms with Crippen LogP contribution in [0.4, 0.5) is 4.39 Å². The summed E-state index contributed by atoms with van der Waals surface area (Å²) in [6.45, 7) is 5.03. The number of nitrogens with one attached hydrogen (secondary N) is 1. The minimum Gasteiger partial charge on any atom is -0.309 e. The molecule has 0 amide bonds. The van der Waals surface area contributed by atoms with Gasteiger partial charge in [-0.25, -0.2) is 4.39 Å². The Labute approximate surface area is 109 Å². The van der Waals surface area contributed by atoms with E-state index in [9.17, 15) is 4.39 Å². The first-order valence-electron chi connectivity index (χ1n) is 5.25. The molecule has 1 rings (SSSR count). The van der Waals surface area contributed by atoms with Gasteiger partial charge in [0.25, 0.3) is 0 Å². The van der Waals surface area contributed by atoms with Gasteiger partial charge in [-0.2, -0.15) is 11.8 Å². The third-order valence-corrected chi connectivity index (χ3v) is 4.01. The van der Waals surface area contributed by atoms with Crippen LogP contribution in [-0.4, -0.2) is 18.1 Å². The predicted octanol–water partition coefficient (Wildman–Crippen LogP) is 3.99. The maximum absolute atomic E-state index is 13.6. The van der Waals surface area contributed by atoms with Gasteiger partial charge in [0.1, 0.15) is 5.82 Å². The van der Waals surface area contributed by atoms with E-state index in [1.807, 2.05) is 19.1 Å². The maximum Gasteiger partial charge on any atom is 0.129 e. The first kappa shape index (κ1) is 14.0. The Morgan fingerprint density at radius 1 is 1.44 bits per heavy atom. The molecule has 0 radical (unpaired) electrons. The zero-order valence-electron chi connectivity index (χ0n) is 9.76. The molecule has 0 aromatic heterocycles. The summed E-state index contributed by atoms with van der Waals surface area (Å²) in [6.07, 6.45) is 2.08. The van der Waals surface area contributed by atoms with Gasteiger partial charge in [-0.3, -0.25) is 0 Å². The lowest BCUT2D eigenvalue weighted by Crippen LogP contribution is -2.26. The summed E-state index contributed by atoms with van der Waals surface area (Å²) in [7, 11) is 0. The van der Waals surface area contributed by atoms with Crippen molar-refractivity contribution in [2.75, 3.05) is 12.8 Å². The summed E-state index contributed by atoms with van der Waals surface area (Å²) < 4.78 is 14.4. The Hall–Kier alpha value is -0.0600. The van der Waals surface area contributed by atoms with Crippen LogP contribution in [0, 0.1) is 5.82 Å². The number of rotatable bonds is 5. The van der Waals surface area contributed by atoms with Crippen molar-refractivity contribution in [3.8, 4) is 0 Å². The minimum atomic E-state index is -0.161. The fourth-order valence-corrected chi connectivity index (χ4v) is 1.98. The van der Waals surface area contributed by atoms with Crippen molar-refractivity contribution < 1.29 is 4.39 Å². The molecule has 0 saturated carbocycles. The van der Waals surface area contributed by atoms with Gasteiger partial charge in [0.2, 0.25) is 0 Å². The molecular weight excluding hydrogens is 289 g/mol. The third kappa shape index (κ3) is 4.07. The lowest BCUT2D eigenvalue weighted by molar-refractivity contribution is 0.530. The second-order valence-electron chi connectivity index (χ2n) is 3.84. The molecule has 0 aliphatic carbocycles. The van der Waals surface area contributed by atoms with E-state index in [2.05, 4.69) is 34.4 Å². The highest BCUT2D eigenvalue weighted by Gasteiger charge is 2.11. The molecule has 4 heteroatoms. The summed E-state index contributed by atoms with van der Waals surface area (Å²) in [5, 5.41) is 3.88. The van der Waals surface area contributed by atoms with Crippen molar-refractivity contribution in [1.29, 1.82) is 0 Å². The molecule has 0 aliphatic rings. The third-order valence-electron chi connectivity index (χ3n) is 2.54. The van der Waals surface area contributed by atoms with Gasteiger partial charge in [-0.05, 0) is 25.3 Å². The number of hydrogen-bond donors (Lipinski definition) is 1. The second kappa shape index (κ2) is 6.62. The first-order valence-corrected chi connectivity index (χ1v) is 7.33. The summed E-state index contributed by atoms with van der Waals surface area (Å²) in [5.74, 6) is -0.161. The molecule has 1 aromatic carbocycles. The zero-order chi connectivity index (χ0) is 12.1. The molecule has 0 saturated heterocycles. The van der Waals surface area contributed by atoms with Gasteiger partial charge >= 0.3 is 0 Å². The van der Waals surface area contributed by atoms with Gasteiger partial charge < -0.3 is 5.32 Å². The number of thioether (sulfide) groups is 1. The topological polar surface area (TPSA) is 12.0 Å². The van der Waals surface area contributed by atoms with Crippen molar-refractivity contribution in [3.63, 3.8) is 0 Å². The SMILES string of the molecule is CSC(C)CNC(C)c1ccc(Br)cc1F. The van der Waals surface area contributed by atoms with Crippen molar-refractivity contribution in [3.05, 3.63) is 34.1 Å². The van der Waals surface area contributed by atoms with Gasteiger partial charge in [-0.1, -0.05) is 28.9 Å². The second-order valence-corrected chi connectivity index (χ2v) is 6.03. The maximum atomic E-state index is 13.6. The van der Waals surface area contributed by atoms with E-state index in [0.29, 0.717) is 5.25 Å². The molecule has 0 spiro atoms. The lowest BCUT2D eigenvalue weighted by atomic mass is 10.1. The van der Waals surface area contributed by atoms with Crippen molar-refractivity contribution in [2.24, 2.45) is 0 Å². The van der Waals surface area contributed by atoms with E-state index < -0.39 is 0 Å². The molecule has 90 valence electrons. The molecule has 1 aromatic rings. The number of halogens is 2. The number of hydrogen-bond acceptors (Lipinski definition) is 2. The first-order chi connectivity index (χ1) is 7.54. The van der Waals surface area contributed by atoms with E-state index in [-0.39, 0.29) is 11.9 Å². The van der Waals surface area contributed by atoms with Crippen LogP contribution < -0.4 is 5.32 Å². The zero-order valence-corrected chi connectivity index (χ0v) is 12.2. The molecular formula is C12H17BrFNS. The van der Waals surface area contributed by atoms with Crippen LogP contribution in [0.3, 0.4) is 0 Å². The summed E-state index contributed by atoms with van der Waals surface area (Å²) in [4.78, 5) is 0. The lowest BCUT2D eigenvalue weighted by Gasteiger charge is -2.17. The van der Waals surface area contributed by atoms with E-state index >= 15 is 0 Å². The van der Waals surface area contributed by atoms with Crippen LogP contribution in [0.25, 0.3) is 0 Å². The molecule has 0 fully saturated rings. The molecule has 1 N–H and O–H groups in total. The quantitative estimate of drug-likeness (QED) is 0.883. The van der Waals surface area contributed by atoms with Gasteiger partial charge in [0.15, 0.2) is 0 Å². The highest BCUT2D eigenvalue weighted by Crippen LogP contribution is 2.21. The molecule has 0 bridgehead atoms. The van der Waals surface area contributed by atoms with Gasteiger partial charge in [-0.15, -0.1) is 0 Å². The monoisotopic (exact) mass is 305 g/mol. The van der Waals surface area contributed by atoms with Crippen molar-refractivity contribution in [1.82, 2.24) is 5.32 Å². The molecule has 1 nitrogen and oxygen atoms in total. The van der Waals surface area contributed by atoms with Crippen LogP contribution in [0.2, 0.25) is 0 Å². The Kier molecular flexibility index (Phi) is 5.79. The van der Waals surface area contributed by atoms with E-state index in [4.69, 9.17) is 0 Å². The van der Waals surface area contributed by atoms with E-state index in [0.717, 1.165) is 16.6 Å². The fraction of sp³-hybridized carbons (Fsp3) is 0.500. The smallest absolute Gasteiger partial charge is 0.129 e. The van der Waals surface area contributed by atoms with Crippen LogP contribution in [0.1, 0.15) is 25.5 Å². The number of benzene rings is 1. The highest BCUT2D eigenvalue weighted by atomic mass is 79.9. The fourth-order valence-electron chi connectivity index (χ4n) is 1.39. The predicted molar refractivity (Wildman–Crippen MR) is 73.5 cm³/mol. The molecule has 0 aliphatic heterocycles. The molecule has 16 heavy (non-hydrogen) atoms. The Bertz CT molecular complexity index is 346.